The summed E-state index contributed by atoms with van der Waals surface area (Å²) >= 11 is 5.26. The molecule has 1 saturated heterocycles. The molecular weight excluding hydrogens is 388 g/mol. The molecule has 0 saturated carbocycles. The van der Waals surface area contributed by atoms with E-state index >= 15 is 0 Å². The summed E-state index contributed by atoms with van der Waals surface area (Å²) in [6.45, 7) is 1.99. The zero-order chi connectivity index (χ0) is 21.3. The van der Waals surface area contributed by atoms with Crippen molar-refractivity contribution in [2.45, 2.75) is 128 Å². The van der Waals surface area contributed by atoms with E-state index in [-0.39, 0.29) is 13.2 Å². The van der Waals surface area contributed by atoms with Gasteiger partial charge in [0, 0.05) is 6.42 Å². The van der Waals surface area contributed by atoms with Crippen molar-refractivity contribution in [2.24, 2.45) is 0 Å². The molecule has 0 aromatic carbocycles. The van der Waals surface area contributed by atoms with Crippen molar-refractivity contribution < 1.29 is 24.8 Å². The number of unbranched alkanes of at least 4 members (excludes halogenated alkanes) is 13. The van der Waals surface area contributed by atoms with Crippen LogP contribution in [0, 0.1) is 0 Å². The number of hydrogen-bond donors (Lipinski definition) is 3. The average Bonchev–Trinajstić information content (AvgIpc) is 2.71. The van der Waals surface area contributed by atoms with Gasteiger partial charge in [0.25, 0.3) is 0 Å². The van der Waals surface area contributed by atoms with Crippen molar-refractivity contribution in [1.82, 2.24) is 0 Å². The molecule has 4 atom stereocenters. The van der Waals surface area contributed by atoms with Gasteiger partial charge in [-0.1, -0.05) is 90.4 Å². The third-order valence-electron chi connectivity index (χ3n) is 5.76. The minimum absolute atomic E-state index is 0.0361. The first-order valence-electron chi connectivity index (χ1n) is 11.9. The third kappa shape index (κ3) is 12.2. The molecule has 1 heterocycles. The Morgan fingerprint density at radius 2 is 1.34 bits per heavy atom. The molecule has 0 amide bonds. The quantitative estimate of drug-likeness (QED) is 0.229. The van der Waals surface area contributed by atoms with Crippen LogP contribution in [0.4, 0.5) is 0 Å². The van der Waals surface area contributed by atoms with Gasteiger partial charge in [0.1, 0.15) is 18.3 Å². The average molecular weight is 433 g/mol. The highest BCUT2D eigenvalue weighted by Crippen LogP contribution is 2.20. The number of hydrogen-bond acceptors (Lipinski definition) is 6. The van der Waals surface area contributed by atoms with Crippen LogP contribution in [0.3, 0.4) is 0 Å². The lowest BCUT2D eigenvalue weighted by molar-refractivity contribution is -0.190. The molecule has 1 aliphatic heterocycles. The van der Waals surface area contributed by atoms with Crippen LogP contribution >= 0.6 is 12.2 Å². The van der Waals surface area contributed by atoms with Crippen molar-refractivity contribution in [3.05, 3.63) is 0 Å². The molecule has 1 fully saturated rings. The normalized spacial score (nSPS) is 24.6. The first-order chi connectivity index (χ1) is 14.1. The van der Waals surface area contributed by atoms with E-state index in [1.54, 1.807) is 0 Å². The molecule has 0 aliphatic carbocycles. The minimum Gasteiger partial charge on any atom is -0.478 e. The Balaban J connectivity index is 1.94. The molecule has 0 radical (unpaired) electrons. The maximum atomic E-state index is 10.1. The summed E-state index contributed by atoms with van der Waals surface area (Å²) in [5.41, 5.74) is 0. The molecule has 0 spiro atoms. The second-order valence-corrected chi connectivity index (χ2v) is 8.87. The van der Waals surface area contributed by atoms with Crippen molar-refractivity contribution >= 4 is 17.3 Å². The number of aliphatic hydroxyl groups is 3. The molecule has 0 bridgehead atoms. The number of rotatable bonds is 17. The molecular formula is C23H44O5S. The van der Waals surface area contributed by atoms with Crippen molar-refractivity contribution in [1.29, 1.82) is 0 Å². The SMILES string of the molecule is CCCCCCCCCCCCCCCCC(=S)O[C@@H]1[C@@H](O)[C@H](CO)OC[C@H]1O. The van der Waals surface area contributed by atoms with Crippen molar-refractivity contribution in [3.8, 4) is 0 Å². The predicted molar refractivity (Wildman–Crippen MR) is 121 cm³/mol. The largest absolute Gasteiger partial charge is 0.478 e. The lowest BCUT2D eigenvalue weighted by Gasteiger charge is -2.37. The van der Waals surface area contributed by atoms with E-state index in [1.165, 1.54) is 77.0 Å². The van der Waals surface area contributed by atoms with Gasteiger partial charge in [-0.15, -0.1) is 0 Å². The molecule has 6 heteroatoms. The van der Waals surface area contributed by atoms with Gasteiger partial charge in [-0.3, -0.25) is 0 Å². The Labute approximate surface area is 183 Å². The molecule has 5 nitrogen and oxygen atoms in total. The van der Waals surface area contributed by atoms with E-state index in [1.807, 2.05) is 0 Å². The minimum atomic E-state index is -1.07. The van der Waals surface area contributed by atoms with Gasteiger partial charge in [-0.2, -0.15) is 0 Å². The second kappa shape index (κ2) is 17.4. The van der Waals surface area contributed by atoms with Crippen LogP contribution in [-0.4, -0.2) is 58.0 Å². The zero-order valence-electron chi connectivity index (χ0n) is 18.4. The Hall–Kier alpha value is -0.270. The van der Waals surface area contributed by atoms with Crippen LogP contribution < -0.4 is 0 Å². The second-order valence-electron chi connectivity index (χ2n) is 8.41. The number of ether oxygens (including phenoxy) is 2. The monoisotopic (exact) mass is 432 g/mol. The van der Waals surface area contributed by atoms with Gasteiger partial charge in [-0.25, -0.2) is 0 Å². The fourth-order valence-corrected chi connectivity index (χ4v) is 4.09. The van der Waals surface area contributed by atoms with Crippen LogP contribution in [0.2, 0.25) is 0 Å². The summed E-state index contributed by atoms with van der Waals surface area (Å²) in [7, 11) is 0. The van der Waals surface area contributed by atoms with Crippen molar-refractivity contribution in [2.75, 3.05) is 13.2 Å². The van der Waals surface area contributed by atoms with Gasteiger partial charge in [0.2, 0.25) is 0 Å². The molecule has 0 aromatic heterocycles. The summed E-state index contributed by atoms with van der Waals surface area (Å²) in [5.74, 6) is 0. The van der Waals surface area contributed by atoms with E-state index in [2.05, 4.69) is 6.92 Å². The molecule has 0 unspecified atom stereocenters. The van der Waals surface area contributed by atoms with E-state index in [4.69, 9.17) is 21.7 Å². The Bertz CT molecular complexity index is 407. The lowest BCUT2D eigenvalue weighted by atomic mass is 10.0. The van der Waals surface area contributed by atoms with Crippen LogP contribution in [0.15, 0.2) is 0 Å². The molecule has 29 heavy (non-hydrogen) atoms. The Morgan fingerprint density at radius 3 is 1.83 bits per heavy atom. The molecule has 1 aliphatic rings. The van der Waals surface area contributed by atoms with Gasteiger partial charge in [0.05, 0.1) is 13.2 Å². The zero-order valence-corrected chi connectivity index (χ0v) is 19.2. The van der Waals surface area contributed by atoms with Crippen LogP contribution in [-0.2, 0) is 9.47 Å². The molecule has 3 N–H and O–H groups in total. The first-order valence-corrected chi connectivity index (χ1v) is 12.3. The number of thiocarbonyl (C=S) groups is 1. The van der Waals surface area contributed by atoms with Gasteiger partial charge < -0.3 is 24.8 Å². The van der Waals surface area contributed by atoms with Crippen LogP contribution in [0.25, 0.3) is 0 Å². The lowest BCUT2D eigenvalue weighted by Crippen LogP contribution is -2.55. The summed E-state index contributed by atoms with van der Waals surface area (Å²) < 4.78 is 10.8. The standard InChI is InChI=1S/C23H44O5S/c1-2-3-4-5-6-7-8-9-10-11-12-13-14-15-16-21(29)28-23-19(25)18-27-20(17-24)22(23)26/h19-20,22-26H,2-18H2,1H3/t19-,20+,22+,23+/m1/s1. The maximum Gasteiger partial charge on any atom is 0.160 e. The summed E-state index contributed by atoms with van der Waals surface area (Å²) in [4.78, 5) is 0. The summed E-state index contributed by atoms with van der Waals surface area (Å²) in [6, 6.07) is 0. The first kappa shape index (κ1) is 26.8. The third-order valence-corrected chi connectivity index (χ3v) is 6.06. The fourth-order valence-electron chi connectivity index (χ4n) is 3.84. The highest BCUT2D eigenvalue weighted by atomic mass is 32.1. The van der Waals surface area contributed by atoms with E-state index in [9.17, 15) is 15.3 Å². The van der Waals surface area contributed by atoms with Gasteiger partial charge in [0.15, 0.2) is 11.2 Å². The molecule has 1 rings (SSSR count). The Morgan fingerprint density at radius 1 is 0.862 bits per heavy atom. The van der Waals surface area contributed by atoms with Crippen LogP contribution in [0.1, 0.15) is 103 Å². The Kier molecular flexibility index (Phi) is 16.1. The van der Waals surface area contributed by atoms with E-state index in [0.29, 0.717) is 11.5 Å². The summed E-state index contributed by atoms with van der Waals surface area (Å²) in [5, 5.41) is 29.7. The van der Waals surface area contributed by atoms with E-state index < -0.39 is 24.4 Å². The molecule has 0 aromatic rings. The van der Waals surface area contributed by atoms with Crippen LogP contribution in [0.5, 0.6) is 0 Å². The summed E-state index contributed by atoms with van der Waals surface area (Å²) in [6.07, 6.45) is 15.5. The van der Waals surface area contributed by atoms with Gasteiger partial charge in [-0.05, 0) is 18.6 Å². The number of aliphatic hydroxyl groups excluding tert-OH is 3. The van der Waals surface area contributed by atoms with E-state index in [0.717, 1.165) is 12.8 Å². The topological polar surface area (TPSA) is 79.2 Å². The highest BCUT2D eigenvalue weighted by Gasteiger charge is 2.40. The maximum absolute atomic E-state index is 10.1. The highest BCUT2D eigenvalue weighted by molar-refractivity contribution is 7.80. The van der Waals surface area contributed by atoms with Gasteiger partial charge >= 0.3 is 0 Å². The fraction of sp³-hybridized carbons (Fsp3) is 0.957. The predicted octanol–water partition coefficient (Wildman–Crippen LogP) is 4.68. The smallest absolute Gasteiger partial charge is 0.160 e. The molecule has 172 valence electrons. The van der Waals surface area contributed by atoms with Crippen molar-refractivity contribution in [3.63, 3.8) is 0 Å².